The van der Waals surface area contributed by atoms with Crippen LogP contribution in [0.1, 0.15) is 99.3 Å². The summed E-state index contributed by atoms with van der Waals surface area (Å²) in [4.78, 5) is 0. The van der Waals surface area contributed by atoms with E-state index in [1.807, 2.05) is 0 Å². The molecule has 4 unspecified atom stereocenters. The van der Waals surface area contributed by atoms with Gasteiger partial charge in [0.25, 0.3) is 0 Å². The predicted octanol–water partition coefficient (Wildman–Crippen LogP) is 6.16. The van der Waals surface area contributed by atoms with Gasteiger partial charge in [-0.2, -0.15) is 0 Å². The molecule has 0 saturated heterocycles. The summed E-state index contributed by atoms with van der Waals surface area (Å²) < 4.78 is 0. The topological polar surface area (TPSA) is 26.0 Å². The second kappa shape index (κ2) is 7.99. The Kier molecular flexibility index (Phi) is 7.24. The van der Waals surface area contributed by atoms with Crippen molar-refractivity contribution in [1.82, 2.24) is 0 Å². The molecule has 1 rings (SSSR count). The highest BCUT2D eigenvalue weighted by Crippen LogP contribution is 2.49. The molecule has 21 heavy (non-hydrogen) atoms. The van der Waals surface area contributed by atoms with E-state index in [0.717, 1.165) is 5.92 Å². The summed E-state index contributed by atoms with van der Waals surface area (Å²) in [6.07, 6.45) is 12.0. The lowest BCUT2D eigenvalue weighted by atomic mass is 9.54. The van der Waals surface area contributed by atoms with Gasteiger partial charge in [-0.3, -0.25) is 0 Å². The van der Waals surface area contributed by atoms with E-state index in [1.165, 1.54) is 57.8 Å². The summed E-state index contributed by atoms with van der Waals surface area (Å²) in [6.45, 7) is 14.5. The molecule has 0 heterocycles. The first-order valence-electron chi connectivity index (χ1n) is 9.60. The van der Waals surface area contributed by atoms with Crippen molar-refractivity contribution in [3.05, 3.63) is 0 Å². The van der Waals surface area contributed by atoms with Crippen molar-refractivity contribution < 1.29 is 0 Å². The van der Waals surface area contributed by atoms with E-state index in [4.69, 9.17) is 5.73 Å². The van der Waals surface area contributed by atoms with E-state index in [2.05, 4.69) is 41.5 Å². The van der Waals surface area contributed by atoms with Gasteiger partial charge < -0.3 is 5.73 Å². The molecule has 0 radical (unpaired) electrons. The van der Waals surface area contributed by atoms with Gasteiger partial charge in [0.05, 0.1) is 0 Å². The second-order valence-corrected chi connectivity index (χ2v) is 8.42. The van der Waals surface area contributed by atoms with E-state index >= 15 is 0 Å². The average molecular weight is 296 g/mol. The van der Waals surface area contributed by atoms with Crippen molar-refractivity contribution in [3.8, 4) is 0 Å². The molecule has 0 aromatic heterocycles. The first kappa shape index (κ1) is 19.0. The van der Waals surface area contributed by atoms with Gasteiger partial charge in [0.1, 0.15) is 0 Å². The van der Waals surface area contributed by atoms with Crippen LogP contribution in [0.25, 0.3) is 0 Å². The van der Waals surface area contributed by atoms with Gasteiger partial charge in [0, 0.05) is 5.54 Å². The second-order valence-electron chi connectivity index (χ2n) is 8.42. The summed E-state index contributed by atoms with van der Waals surface area (Å²) in [5.74, 6) is 2.00. The smallest absolute Gasteiger partial charge is 0.0263 e. The first-order chi connectivity index (χ1) is 9.81. The quantitative estimate of drug-likeness (QED) is 0.660. The number of hydrogen-bond donors (Lipinski definition) is 1. The summed E-state index contributed by atoms with van der Waals surface area (Å²) in [7, 11) is 0. The molecular weight excluding hydrogens is 254 g/mol. The summed E-state index contributed by atoms with van der Waals surface area (Å²) in [6, 6.07) is 0. The fraction of sp³-hybridized carbons (Fsp3) is 1.00. The molecule has 2 N–H and O–H groups in total. The van der Waals surface area contributed by atoms with Crippen LogP contribution in [0, 0.1) is 23.2 Å². The van der Waals surface area contributed by atoms with Crippen LogP contribution < -0.4 is 5.73 Å². The highest BCUT2D eigenvalue weighted by molar-refractivity contribution is 5.06. The standard InChI is InChI=1S/C20H41N/c1-7-16(3)18(8-2)20(21)17(4)14-12-10-9-11-13-15-19(20,5)6/h16-18H,7-15,21H2,1-6H3. The SMILES string of the molecule is CCC(C)C(CC)C1(N)C(C)CCCCCCCC1(C)C. The molecule has 1 aliphatic rings. The van der Waals surface area contributed by atoms with Crippen LogP contribution in [0.4, 0.5) is 0 Å². The molecule has 1 nitrogen and oxygen atoms in total. The zero-order valence-corrected chi connectivity index (χ0v) is 15.7. The molecule has 0 aliphatic heterocycles. The average Bonchev–Trinajstić information content (AvgIpc) is 2.44. The molecule has 0 aromatic carbocycles. The zero-order valence-electron chi connectivity index (χ0n) is 15.7. The molecule has 126 valence electrons. The Morgan fingerprint density at radius 3 is 2.14 bits per heavy atom. The Labute approximate surface area is 134 Å². The third kappa shape index (κ3) is 4.03. The van der Waals surface area contributed by atoms with E-state index < -0.39 is 0 Å². The Bertz CT molecular complexity index is 296. The van der Waals surface area contributed by atoms with Gasteiger partial charge in [0.15, 0.2) is 0 Å². The molecule has 0 aromatic rings. The maximum absolute atomic E-state index is 7.30. The monoisotopic (exact) mass is 295 g/mol. The molecular formula is C20H41N. The minimum atomic E-state index is -0.0193. The van der Waals surface area contributed by atoms with E-state index in [9.17, 15) is 0 Å². The van der Waals surface area contributed by atoms with E-state index in [0.29, 0.717) is 11.8 Å². The largest absolute Gasteiger partial charge is 0.324 e. The van der Waals surface area contributed by atoms with Crippen LogP contribution in [-0.2, 0) is 0 Å². The summed E-state index contributed by atoms with van der Waals surface area (Å²) in [5.41, 5.74) is 7.53. The van der Waals surface area contributed by atoms with E-state index in [-0.39, 0.29) is 11.0 Å². The van der Waals surface area contributed by atoms with Crippen molar-refractivity contribution in [3.63, 3.8) is 0 Å². The van der Waals surface area contributed by atoms with Crippen molar-refractivity contribution >= 4 is 0 Å². The van der Waals surface area contributed by atoms with Crippen LogP contribution in [0.15, 0.2) is 0 Å². The predicted molar refractivity (Wildman–Crippen MR) is 95.4 cm³/mol. The Morgan fingerprint density at radius 1 is 1.00 bits per heavy atom. The van der Waals surface area contributed by atoms with Gasteiger partial charge in [0.2, 0.25) is 0 Å². The zero-order chi connectivity index (χ0) is 16.1. The van der Waals surface area contributed by atoms with Gasteiger partial charge in [-0.25, -0.2) is 0 Å². The van der Waals surface area contributed by atoms with Crippen molar-refractivity contribution in [1.29, 1.82) is 0 Å². The summed E-state index contributed by atoms with van der Waals surface area (Å²) >= 11 is 0. The normalized spacial score (nSPS) is 34.1. The van der Waals surface area contributed by atoms with Crippen LogP contribution in [0.3, 0.4) is 0 Å². The Balaban J connectivity index is 3.15. The highest BCUT2D eigenvalue weighted by Gasteiger charge is 2.50. The molecule has 0 amide bonds. The number of nitrogens with two attached hydrogens (primary N) is 1. The van der Waals surface area contributed by atoms with Crippen LogP contribution >= 0.6 is 0 Å². The Morgan fingerprint density at radius 2 is 1.57 bits per heavy atom. The molecule has 1 saturated carbocycles. The van der Waals surface area contributed by atoms with Gasteiger partial charge in [-0.05, 0) is 36.0 Å². The van der Waals surface area contributed by atoms with Gasteiger partial charge in [-0.15, -0.1) is 0 Å². The third-order valence-corrected chi connectivity index (χ3v) is 6.81. The third-order valence-electron chi connectivity index (χ3n) is 6.81. The molecule has 0 spiro atoms. The lowest BCUT2D eigenvalue weighted by molar-refractivity contribution is -0.000981. The number of hydrogen-bond acceptors (Lipinski definition) is 1. The first-order valence-corrected chi connectivity index (χ1v) is 9.60. The van der Waals surface area contributed by atoms with Crippen molar-refractivity contribution in [2.24, 2.45) is 28.9 Å². The van der Waals surface area contributed by atoms with Crippen LogP contribution in [-0.4, -0.2) is 5.54 Å². The minimum Gasteiger partial charge on any atom is -0.324 e. The maximum Gasteiger partial charge on any atom is 0.0263 e. The lowest BCUT2D eigenvalue weighted by Gasteiger charge is -2.55. The van der Waals surface area contributed by atoms with Crippen molar-refractivity contribution in [2.75, 3.05) is 0 Å². The number of rotatable bonds is 4. The molecule has 1 fully saturated rings. The minimum absolute atomic E-state index is 0.0193. The molecule has 4 atom stereocenters. The fourth-order valence-corrected chi connectivity index (χ4v) is 5.03. The van der Waals surface area contributed by atoms with E-state index in [1.54, 1.807) is 0 Å². The molecule has 0 bridgehead atoms. The summed E-state index contributed by atoms with van der Waals surface area (Å²) in [5, 5.41) is 0. The molecule has 1 aliphatic carbocycles. The van der Waals surface area contributed by atoms with Gasteiger partial charge >= 0.3 is 0 Å². The maximum atomic E-state index is 7.30. The van der Waals surface area contributed by atoms with Crippen LogP contribution in [0.2, 0.25) is 0 Å². The Hall–Kier alpha value is -0.0400. The lowest BCUT2D eigenvalue weighted by Crippen LogP contribution is -2.63. The van der Waals surface area contributed by atoms with Gasteiger partial charge in [-0.1, -0.05) is 86.5 Å². The van der Waals surface area contributed by atoms with Crippen molar-refractivity contribution in [2.45, 2.75) is 105 Å². The van der Waals surface area contributed by atoms with Crippen LogP contribution in [0.5, 0.6) is 0 Å². The molecule has 1 heteroatoms. The fourth-order valence-electron chi connectivity index (χ4n) is 5.03. The highest BCUT2D eigenvalue weighted by atomic mass is 14.8.